The third kappa shape index (κ3) is 3.74. The Kier molecular flexibility index (Phi) is 5.17. The second kappa shape index (κ2) is 7.54. The van der Waals surface area contributed by atoms with E-state index in [1.165, 1.54) is 4.90 Å². The highest BCUT2D eigenvalue weighted by Gasteiger charge is 2.40. The number of rotatable bonds is 2. The molecule has 0 unspecified atom stereocenters. The third-order valence-corrected chi connectivity index (χ3v) is 5.70. The average Bonchev–Trinajstić information content (AvgIpc) is 2.73. The van der Waals surface area contributed by atoms with E-state index in [9.17, 15) is 18.0 Å². The van der Waals surface area contributed by atoms with E-state index >= 15 is 0 Å². The lowest BCUT2D eigenvalue weighted by Gasteiger charge is -2.39. The summed E-state index contributed by atoms with van der Waals surface area (Å²) in [5, 5.41) is 0. The van der Waals surface area contributed by atoms with Crippen LogP contribution in [0.4, 0.5) is 24.8 Å². The van der Waals surface area contributed by atoms with E-state index in [-0.39, 0.29) is 24.5 Å². The Morgan fingerprint density at radius 2 is 1.83 bits per heavy atom. The van der Waals surface area contributed by atoms with Gasteiger partial charge in [0.15, 0.2) is 5.69 Å². The number of para-hydroxylation sites is 1. The maximum atomic E-state index is 13.8. The predicted molar refractivity (Wildman–Crippen MR) is 105 cm³/mol. The molecule has 0 spiro atoms. The maximum absolute atomic E-state index is 13.8. The number of alkyl halides is 3. The highest BCUT2D eigenvalue weighted by atomic mass is 19.4. The predicted octanol–water partition coefficient (Wildman–Crippen LogP) is 3.79. The summed E-state index contributed by atoms with van der Waals surface area (Å²) in [5.74, 6) is -0.777. The molecular formula is C21H23F3N4O2. The van der Waals surface area contributed by atoms with Crippen LogP contribution in [-0.2, 0) is 16.3 Å². The van der Waals surface area contributed by atoms with Crippen LogP contribution in [0.2, 0.25) is 0 Å². The number of morpholine rings is 1. The number of ether oxygens (including phenoxy) is 1. The first-order chi connectivity index (χ1) is 14.2. The topological polar surface area (TPSA) is 58.6 Å². The first-order valence-electron chi connectivity index (χ1n) is 9.87. The molecule has 1 saturated heterocycles. The fourth-order valence-corrected chi connectivity index (χ4v) is 3.95. The molecule has 0 bridgehead atoms. The Morgan fingerprint density at radius 1 is 1.13 bits per heavy atom. The number of nitrogens with zero attached hydrogens (tertiary/aromatic N) is 4. The molecule has 0 saturated carbocycles. The molecular weight excluding hydrogens is 397 g/mol. The van der Waals surface area contributed by atoms with Gasteiger partial charge in [0.25, 0.3) is 5.91 Å². The normalized spacial score (nSPS) is 18.8. The summed E-state index contributed by atoms with van der Waals surface area (Å²) in [7, 11) is 0. The van der Waals surface area contributed by atoms with Gasteiger partial charge in [0.05, 0.1) is 18.8 Å². The molecule has 2 aromatic rings. The SMILES string of the molecule is CC1(C)CCN(c2ncc(C(=O)N3CCOCC3)c(C(F)(F)F)n2)c2ccccc21. The number of halogens is 3. The smallest absolute Gasteiger partial charge is 0.378 e. The minimum absolute atomic E-state index is 0.0520. The minimum Gasteiger partial charge on any atom is -0.378 e. The number of carbonyl (C=O) groups excluding carboxylic acids is 1. The van der Waals surface area contributed by atoms with Gasteiger partial charge in [0.2, 0.25) is 5.95 Å². The average molecular weight is 420 g/mol. The highest BCUT2D eigenvalue weighted by molar-refractivity contribution is 5.95. The zero-order chi connectivity index (χ0) is 21.5. The molecule has 2 aliphatic heterocycles. The van der Waals surface area contributed by atoms with E-state index in [1.807, 2.05) is 24.3 Å². The lowest BCUT2D eigenvalue weighted by atomic mass is 9.78. The zero-order valence-corrected chi connectivity index (χ0v) is 16.9. The molecule has 1 aromatic heterocycles. The second-order valence-electron chi connectivity index (χ2n) is 8.14. The molecule has 160 valence electrons. The fourth-order valence-electron chi connectivity index (χ4n) is 3.95. The Morgan fingerprint density at radius 3 is 2.53 bits per heavy atom. The quantitative estimate of drug-likeness (QED) is 0.740. The number of benzene rings is 1. The minimum atomic E-state index is -4.77. The summed E-state index contributed by atoms with van der Waals surface area (Å²) >= 11 is 0. The molecule has 0 aliphatic carbocycles. The molecule has 4 rings (SSSR count). The van der Waals surface area contributed by atoms with Crippen molar-refractivity contribution in [2.24, 2.45) is 0 Å². The van der Waals surface area contributed by atoms with E-state index in [0.29, 0.717) is 19.8 Å². The van der Waals surface area contributed by atoms with Gasteiger partial charge in [-0.25, -0.2) is 9.97 Å². The van der Waals surface area contributed by atoms with Crippen molar-refractivity contribution >= 4 is 17.5 Å². The van der Waals surface area contributed by atoms with Crippen LogP contribution in [-0.4, -0.2) is 53.6 Å². The molecule has 9 heteroatoms. The fraction of sp³-hybridized carbons (Fsp3) is 0.476. The number of aromatic nitrogens is 2. The van der Waals surface area contributed by atoms with E-state index < -0.39 is 23.3 Å². The van der Waals surface area contributed by atoms with Crippen LogP contribution in [0.1, 0.15) is 41.9 Å². The Labute approximate surface area is 172 Å². The van der Waals surface area contributed by atoms with Gasteiger partial charge in [-0.2, -0.15) is 13.2 Å². The van der Waals surface area contributed by atoms with Crippen LogP contribution >= 0.6 is 0 Å². The molecule has 1 aromatic carbocycles. The van der Waals surface area contributed by atoms with Crippen LogP contribution < -0.4 is 4.90 Å². The Hall–Kier alpha value is -2.68. The van der Waals surface area contributed by atoms with Gasteiger partial charge in [-0.1, -0.05) is 32.0 Å². The van der Waals surface area contributed by atoms with Crippen molar-refractivity contribution in [1.29, 1.82) is 0 Å². The Bertz CT molecular complexity index is 956. The summed E-state index contributed by atoms with van der Waals surface area (Å²) in [6.07, 6.45) is -3.03. The van der Waals surface area contributed by atoms with Gasteiger partial charge in [-0.3, -0.25) is 4.79 Å². The first kappa shape index (κ1) is 20.6. The van der Waals surface area contributed by atoms with Crippen molar-refractivity contribution in [2.45, 2.75) is 31.9 Å². The van der Waals surface area contributed by atoms with Crippen LogP contribution in [0.3, 0.4) is 0 Å². The summed E-state index contributed by atoms with van der Waals surface area (Å²) in [6, 6.07) is 7.59. The molecule has 30 heavy (non-hydrogen) atoms. The van der Waals surface area contributed by atoms with Gasteiger partial charge in [-0.15, -0.1) is 0 Å². The van der Waals surface area contributed by atoms with Gasteiger partial charge >= 0.3 is 6.18 Å². The first-order valence-corrected chi connectivity index (χ1v) is 9.87. The van der Waals surface area contributed by atoms with Gasteiger partial charge in [-0.05, 0) is 23.5 Å². The van der Waals surface area contributed by atoms with Crippen LogP contribution in [0.25, 0.3) is 0 Å². The highest BCUT2D eigenvalue weighted by Crippen LogP contribution is 2.42. The largest absolute Gasteiger partial charge is 0.434 e. The number of amides is 1. The summed E-state index contributed by atoms with van der Waals surface area (Å²) in [5.41, 5.74) is -0.0206. The van der Waals surface area contributed by atoms with E-state index in [2.05, 4.69) is 23.8 Å². The summed E-state index contributed by atoms with van der Waals surface area (Å²) in [4.78, 5) is 23.8. The molecule has 0 radical (unpaired) electrons. The molecule has 1 amide bonds. The van der Waals surface area contributed by atoms with Crippen molar-refractivity contribution in [3.63, 3.8) is 0 Å². The lowest BCUT2D eigenvalue weighted by molar-refractivity contribution is -0.141. The van der Waals surface area contributed by atoms with Crippen molar-refractivity contribution in [3.05, 3.63) is 47.3 Å². The third-order valence-electron chi connectivity index (χ3n) is 5.70. The standard InChI is InChI=1S/C21H23F3N4O2/c1-20(2)7-8-28(16-6-4-3-5-15(16)20)19-25-13-14(17(26-19)21(22,23)24)18(29)27-9-11-30-12-10-27/h3-6,13H,7-12H2,1-2H3. The monoisotopic (exact) mass is 420 g/mol. The van der Waals surface area contributed by atoms with E-state index in [0.717, 1.165) is 23.9 Å². The van der Waals surface area contributed by atoms with Gasteiger partial charge in [0.1, 0.15) is 0 Å². The molecule has 1 fully saturated rings. The number of hydrogen-bond donors (Lipinski definition) is 0. The van der Waals surface area contributed by atoms with Gasteiger partial charge < -0.3 is 14.5 Å². The summed E-state index contributed by atoms with van der Waals surface area (Å²) < 4.78 is 46.7. The number of carbonyl (C=O) groups is 1. The number of anilines is 2. The zero-order valence-electron chi connectivity index (χ0n) is 16.9. The van der Waals surface area contributed by atoms with Crippen molar-refractivity contribution in [1.82, 2.24) is 14.9 Å². The van der Waals surface area contributed by atoms with Crippen molar-refractivity contribution in [2.75, 3.05) is 37.7 Å². The van der Waals surface area contributed by atoms with E-state index in [1.54, 1.807) is 4.90 Å². The second-order valence-corrected chi connectivity index (χ2v) is 8.14. The van der Waals surface area contributed by atoms with Crippen LogP contribution in [0.15, 0.2) is 30.5 Å². The molecule has 6 nitrogen and oxygen atoms in total. The van der Waals surface area contributed by atoms with Crippen LogP contribution in [0, 0.1) is 0 Å². The summed E-state index contributed by atoms with van der Waals surface area (Å²) in [6.45, 7) is 5.78. The molecule has 0 N–H and O–H groups in total. The van der Waals surface area contributed by atoms with E-state index in [4.69, 9.17) is 4.74 Å². The van der Waals surface area contributed by atoms with Crippen LogP contribution in [0.5, 0.6) is 0 Å². The number of fused-ring (bicyclic) bond motifs is 1. The lowest BCUT2D eigenvalue weighted by Crippen LogP contribution is -2.41. The number of hydrogen-bond acceptors (Lipinski definition) is 5. The molecule has 3 heterocycles. The molecule has 2 aliphatic rings. The van der Waals surface area contributed by atoms with Crippen molar-refractivity contribution in [3.8, 4) is 0 Å². The Balaban J connectivity index is 1.75. The van der Waals surface area contributed by atoms with Crippen molar-refractivity contribution < 1.29 is 22.7 Å². The molecule has 0 atom stereocenters. The maximum Gasteiger partial charge on any atom is 0.434 e. The van der Waals surface area contributed by atoms with Gasteiger partial charge in [0, 0.05) is 31.5 Å².